The first kappa shape index (κ1) is 15.1. The first-order valence-corrected chi connectivity index (χ1v) is 8.46. The molecular weight excluding hydrogens is 302 g/mol. The highest BCUT2D eigenvalue weighted by Crippen LogP contribution is 2.58. The van der Waals surface area contributed by atoms with Crippen molar-refractivity contribution in [1.82, 2.24) is 10.3 Å². The van der Waals surface area contributed by atoms with Crippen LogP contribution in [0.25, 0.3) is 0 Å². The Hall–Kier alpha value is -2.40. The third-order valence-corrected chi connectivity index (χ3v) is 5.08. The van der Waals surface area contributed by atoms with Crippen molar-refractivity contribution in [2.24, 2.45) is 11.3 Å². The minimum Gasteiger partial charge on any atom is -0.439 e. The molecule has 1 amide bonds. The smallest absolute Gasteiger partial charge is 0.228 e. The minimum atomic E-state index is 0.121. The van der Waals surface area contributed by atoms with Crippen LogP contribution in [0.3, 0.4) is 0 Å². The first-order valence-electron chi connectivity index (χ1n) is 8.46. The van der Waals surface area contributed by atoms with Gasteiger partial charge in [0.25, 0.3) is 0 Å². The number of pyridine rings is 1. The predicted octanol–water partition coefficient (Wildman–Crippen LogP) is 3.20. The highest BCUT2D eigenvalue weighted by molar-refractivity contribution is 5.95. The van der Waals surface area contributed by atoms with Crippen LogP contribution < -0.4 is 15.4 Å². The molecule has 0 bridgehead atoms. The third kappa shape index (κ3) is 3.12. The van der Waals surface area contributed by atoms with Gasteiger partial charge in [0.15, 0.2) is 0 Å². The highest BCUT2D eigenvalue weighted by Gasteiger charge is 2.57. The second kappa shape index (κ2) is 6.24. The first-order chi connectivity index (χ1) is 11.8. The Kier molecular flexibility index (Phi) is 3.94. The fourth-order valence-corrected chi connectivity index (χ4v) is 3.55. The molecule has 1 aromatic carbocycles. The Bertz CT molecular complexity index is 709. The molecule has 1 saturated carbocycles. The van der Waals surface area contributed by atoms with Gasteiger partial charge < -0.3 is 15.4 Å². The summed E-state index contributed by atoms with van der Waals surface area (Å²) in [6.45, 7) is 2.05. The van der Waals surface area contributed by atoms with Crippen LogP contribution in [-0.4, -0.2) is 24.0 Å². The van der Waals surface area contributed by atoms with E-state index in [1.54, 1.807) is 12.3 Å². The number of hydrogen-bond donors (Lipinski definition) is 2. The van der Waals surface area contributed by atoms with Crippen LogP contribution in [0.15, 0.2) is 48.7 Å². The van der Waals surface area contributed by atoms with E-state index in [0.717, 1.165) is 43.8 Å². The average molecular weight is 323 g/mol. The molecule has 5 nitrogen and oxygen atoms in total. The molecule has 2 aliphatic rings. The summed E-state index contributed by atoms with van der Waals surface area (Å²) in [6, 6.07) is 13.1. The van der Waals surface area contributed by atoms with Crippen molar-refractivity contribution in [3.8, 4) is 11.6 Å². The number of aromatic nitrogens is 1. The van der Waals surface area contributed by atoms with Gasteiger partial charge in [0.2, 0.25) is 11.8 Å². The van der Waals surface area contributed by atoms with Crippen molar-refractivity contribution in [3.05, 3.63) is 48.7 Å². The van der Waals surface area contributed by atoms with E-state index in [2.05, 4.69) is 15.6 Å². The SMILES string of the molecule is O=C(Nc1ccc(Oc2ccccc2)nc1)C1CC12CCNCC2. The molecule has 0 radical (unpaired) electrons. The molecule has 124 valence electrons. The zero-order valence-electron chi connectivity index (χ0n) is 13.5. The van der Waals surface area contributed by atoms with Gasteiger partial charge in [0.1, 0.15) is 5.75 Å². The molecule has 1 spiro atoms. The van der Waals surface area contributed by atoms with Crippen LogP contribution in [0.2, 0.25) is 0 Å². The van der Waals surface area contributed by atoms with Gasteiger partial charge in [-0.2, -0.15) is 0 Å². The van der Waals surface area contributed by atoms with Gasteiger partial charge in [0.05, 0.1) is 11.9 Å². The third-order valence-electron chi connectivity index (χ3n) is 5.08. The van der Waals surface area contributed by atoms with Crippen molar-refractivity contribution >= 4 is 11.6 Å². The number of nitrogens with zero attached hydrogens (tertiary/aromatic N) is 1. The number of benzene rings is 1. The molecule has 1 aliphatic heterocycles. The van der Waals surface area contributed by atoms with Gasteiger partial charge in [-0.25, -0.2) is 4.98 Å². The van der Waals surface area contributed by atoms with Gasteiger partial charge in [-0.3, -0.25) is 4.79 Å². The fraction of sp³-hybridized carbons (Fsp3) is 0.368. The lowest BCUT2D eigenvalue weighted by atomic mass is 9.92. The summed E-state index contributed by atoms with van der Waals surface area (Å²) in [4.78, 5) is 16.7. The van der Waals surface area contributed by atoms with Crippen LogP contribution in [0.5, 0.6) is 11.6 Å². The van der Waals surface area contributed by atoms with Gasteiger partial charge in [-0.1, -0.05) is 18.2 Å². The summed E-state index contributed by atoms with van der Waals surface area (Å²) < 4.78 is 5.66. The van der Waals surface area contributed by atoms with Crippen LogP contribution in [0.1, 0.15) is 19.3 Å². The van der Waals surface area contributed by atoms with Crippen LogP contribution >= 0.6 is 0 Å². The Morgan fingerprint density at radius 2 is 1.96 bits per heavy atom. The Morgan fingerprint density at radius 1 is 1.17 bits per heavy atom. The average Bonchev–Trinajstić information content (AvgIpc) is 3.31. The highest BCUT2D eigenvalue weighted by atomic mass is 16.5. The van der Waals surface area contributed by atoms with Crippen molar-refractivity contribution in [2.75, 3.05) is 18.4 Å². The van der Waals surface area contributed by atoms with Crippen molar-refractivity contribution in [1.29, 1.82) is 0 Å². The van der Waals surface area contributed by atoms with Crippen LogP contribution in [-0.2, 0) is 4.79 Å². The monoisotopic (exact) mass is 323 g/mol. The maximum atomic E-state index is 12.4. The van der Waals surface area contributed by atoms with E-state index >= 15 is 0 Å². The molecule has 24 heavy (non-hydrogen) atoms. The number of rotatable bonds is 4. The topological polar surface area (TPSA) is 63.2 Å². The lowest BCUT2D eigenvalue weighted by Crippen LogP contribution is -2.31. The number of ether oxygens (including phenoxy) is 1. The van der Waals surface area contributed by atoms with E-state index in [0.29, 0.717) is 5.88 Å². The number of carbonyl (C=O) groups is 1. The number of amides is 1. The number of piperidine rings is 1. The number of carbonyl (C=O) groups excluding carboxylic acids is 1. The summed E-state index contributed by atoms with van der Waals surface area (Å²) in [5.74, 6) is 1.53. The van der Waals surface area contributed by atoms with Crippen molar-refractivity contribution in [2.45, 2.75) is 19.3 Å². The molecule has 2 heterocycles. The molecule has 1 aliphatic carbocycles. The maximum Gasteiger partial charge on any atom is 0.228 e. The second-order valence-corrected chi connectivity index (χ2v) is 6.66. The van der Waals surface area contributed by atoms with Gasteiger partial charge in [0, 0.05) is 12.0 Å². The number of nitrogens with one attached hydrogen (secondary N) is 2. The molecule has 1 aromatic heterocycles. The molecular formula is C19H21N3O2. The molecule has 1 unspecified atom stereocenters. The van der Waals surface area contributed by atoms with E-state index < -0.39 is 0 Å². The number of hydrogen-bond acceptors (Lipinski definition) is 4. The van der Waals surface area contributed by atoms with Crippen molar-refractivity contribution in [3.63, 3.8) is 0 Å². The fourth-order valence-electron chi connectivity index (χ4n) is 3.55. The summed E-state index contributed by atoms with van der Waals surface area (Å²) in [5.41, 5.74) is 0.968. The minimum absolute atomic E-state index is 0.121. The summed E-state index contributed by atoms with van der Waals surface area (Å²) in [5, 5.41) is 6.35. The summed E-state index contributed by atoms with van der Waals surface area (Å²) in [7, 11) is 0. The van der Waals surface area contributed by atoms with Crippen LogP contribution in [0.4, 0.5) is 5.69 Å². The largest absolute Gasteiger partial charge is 0.439 e. The molecule has 1 atom stereocenters. The van der Waals surface area contributed by atoms with E-state index in [-0.39, 0.29) is 17.2 Å². The second-order valence-electron chi connectivity index (χ2n) is 6.66. The maximum absolute atomic E-state index is 12.4. The zero-order valence-corrected chi connectivity index (χ0v) is 13.5. The van der Waals surface area contributed by atoms with E-state index in [1.165, 1.54) is 0 Å². The number of para-hydroxylation sites is 1. The predicted molar refractivity (Wildman–Crippen MR) is 92.0 cm³/mol. The number of anilines is 1. The zero-order chi connectivity index (χ0) is 16.4. The van der Waals surface area contributed by atoms with Gasteiger partial charge >= 0.3 is 0 Å². The van der Waals surface area contributed by atoms with Crippen LogP contribution in [0, 0.1) is 11.3 Å². The lowest BCUT2D eigenvalue weighted by Gasteiger charge is -2.23. The molecule has 1 saturated heterocycles. The van der Waals surface area contributed by atoms with E-state index in [9.17, 15) is 4.79 Å². The molecule has 2 fully saturated rings. The Balaban J connectivity index is 1.35. The quantitative estimate of drug-likeness (QED) is 0.907. The molecule has 4 rings (SSSR count). The lowest BCUT2D eigenvalue weighted by molar-refractivity contribution is -0.118. The normalized spacial score (nSPS) is 21.2. The van der Waals surface area contributed by atoms with Gasteiger partial charge in [-0.05, 0) is 56.0 Å². The Morgan fingerprint density at radius 3 is 2.67 bits per heavy atom. The standard InChI is InChI=1S/C19H21N3O2/c23-18(16-12-19(16)8-10-20-11-9-19)22-14-6-7-17(21-13-14)24-15-4-2-1-3-5-15/h1-7,13,16,20H,8-12H2,(H,22,23). The summed E-state index contributed by atoms with van der Waals surface area (Å²) >= 11 is 0. The van der Waals surface area contributed by atoms with Gasteiger partial charge in [-0.15, -0.1) is 0 Å². The van der Waals surface area contributed by atoms with E-state index in [4.69, 9.17) is 4.74 Å². The Labute approximate surface area is 141 Å². The van der Waals surface area contributed by atoms with E-state index in [1.807, 2.05) is 36.4 Å². The van der Waals surface area contributed by atoms with Crippen molar-refractivity contribution < 1.29 is 9.53 Å². The summed E-state index contributed by atoms with van der Waals surface area (Å²) in [6.07, 6.45) is 4.87. The molecule has 5 heteroatoms. The molecule has 2 aromatic rings. The molecule has 2 N–H and O–H groups in total.